The molecule has 1 saturated heterocycles. The Morgan fingerprint density at radius 2 is 2.00 bits per heavy atom. The number of aromatic nitrogens is 1. The summed E-state index contributed by atoms with van der Waals surface area (Å²) < 4.78 is 0. The molecule has 2 aromatic rings. The Bertz CT molecular complexity index is 752. The van der Waals surface area contributed by atoms with Gasteiger partial charge in [0.25, 0.3) is 5.91 Å². The van der Waals surface area contributed by atoms with Gasteiger partial charge in [-0.25, -0.2) is 0 Å². The number of hydrogen-bond donors (Lipinski definition) is 1. The van der Waals surface area contributed by atoms with E-state index >= 15 is 0 Å². The molecule has 3 heterocycles. The monoisotopic (exact) mass is 355 g/mol. The zero-order valence-corrected chi connectivity index (χ0v) is 14.8. The van der Waals surface area contributed by atoms with Crippen molar-refractivity contribution in [3.8, 4) is 0 Å². The number of amides is 2. The number of nitrogens with one attached hydrogen (secondary N) is 1. The van der Waals surface area contributed by atoms with E-state index in [2.05, 4.69) is 10.3 Å². The predicted octanol–water partition coefficient (Wildman–Crippen LogP) is 2.50. The smallest absolute Gasteiger partial charge is 0.251 e. The minimum Gasteiger partial charge on any atom is -0.349 e. The fourth-order valence-electron chi connectivity index (χ4n) is 3.73. The van der Waals surface area contributed by atoms with Crippen molar-refractivity contribution in [1.29, 1.82) is 0 Å². The summed E-state index contributed by atoms with van der Waals surface area (Å²) in [6, 6.07) is 5.72. The van der Waals surface area contributed by atoms with Crippen LogP contribution in [-0.4, -0.2) is 40.8 Å². The summed E-state index contributed by atoms with van der Waals surface area (Å²) in [6.07, 6.45) is 6.74. The minimum atomic E-state index is -0.0276. The number of hydrogen-bond acceptors (Lipinski definition) is 4. The number of likely N-dealkylation sites (tertiary alicyclic amines) is 1. The Balaban J connectivity index is 1.28. The molecule has 0 radical (unpaired) electrons. The van der Waals surface area contributed by atoms with Crippen LogP contribution in [0.4, 0.5) is 0 Å². The molecule has 2 fully saturated rings. The molecule has 1 N–H and O–H groups in total. The van der Waals surface area contributed by atoms with Crippen LogP contribution in [0.25, 0.3) is 0 Å². The topological polar surface area (TPSA) is 62.3 Å². The van der Waals surface area contributed by atoms with Gasteiger partial charge in [-0.1, -0.05) is 0 Å². The summed E-state index contributed by atoms with van der Waals surface area (Å²) in [7, 11) is 0. The predicted molar refractivity (Wildman–Crippen MR) is 96.4 cm³/mol. The lowest BCUT2D eigenvalue weighted by Crippen LogP contribution is -2.42. The first-order valence-electron chi connectivity index (χ1n) is 8.66. The van der Waals surface area contributed by atoms with Crippen LogP contribution < -0.4 is 5.32 Å². The standard InChI is InChI=1S/C19H21N3O2S/c23-17(11-14-3-10-25-13-14)22-8-4-19(5-9-22)12-16(19)21-18(24)15-1-6-20-7-2-15/h1-3,6-7,10,13,16H,4-5,8-9,11-12H2,(H,21,24). The maximum Gasteiger partial charge on any atom is 0.251 e. The van der Waals surface area contributed by atoms with E-state index in [1.165, 1.54) is 0 Å². The molecular weight excluding hydrogens is 334 g/mol. The Morgan fingerprint density at radius 3 is 2.68 bits per heavy atom. The number of piperidine rings is 1. The molecule has 6 heteroatoms. The highest BCUT2D eigenvalue weighted by Gasteiger charge is 2.55. The summed E-state index contributed by atoms with van der Waals surface area (Å²) in [5.74, 6) is 0.187. The zero-order chi connectivity index (χ0) is 17.3. The Kier molecular flexibility index (Phi) is 4.29. The van der Waals surface area contributed by atoms with Crippen LogP contribution in [0.3, 0.4) is 0 Å². The highest BCUT2D eigenvalue weighted by atomic mass is 32.1. The van der Waals surface area contributed by atoms with Crippen LogP contribution in [0.15, 0.2) is 41.4 Å². The Hall–Kier alpha value is -2.21. The molecule has 0 aromatic carbocycles. The minimum absolute atomic E-state index is 0.0276. The SMILES string of the molecule is O=C(NC1CC12CCN(C(=O)Cc1ccsc1)CC2)c1ccncc1. The number of pyridine rings is 1. The molecule has 1 spiro atoms. The normalized spacial score (nSPS) is 21.1. The molecule has 5 nitrogen and oxygen atoms in total. The third kappa shape index (κ3) is 3.44. The van der Waals surface area contributed by atoms with E-state index in [0.717, 1.165) is 37.9 Å². The maximum absolute atomic E-state index is 12.4. The van der Waals surface area contributed by atoms with Crippen LogP contribution in [0.2, 0.25) is 0 Å². The van der Waals surface area contributed by atoms with Crippen molar-refractivity contribution >= 4 is 23.2 Å². The van der Waals surface area contributed by atoms with Crippen molar-refractivity contribution in [2.75, 3.05) is 13.1 Å². The lowest BCUT2D eigenvalue weighted by atomic mass is 9.92. The number of rotatable bonds is 4. The van der Waals surface area contributed by atoms with Crippen LogP contribution in [0.5, 0.6) is 0 Å². The number of nitrogens with zero attached hydrogens (tertiary/aromatic N) is 2. The highest BCUT2D eigenvalue weighted by Crippen LogP contribution is 2.54. The van der Waals surface area contributed by atoms with Gasteiger partial charge >= 0.3 is 0 Å². The summed E-state index contributed by atoms with van der Waals surface area (Å²) in [6.45, 7) is 1.59. The second-order valence-electron chi connectivity index (χ2n) is 7.02. The van der Waals surface area contributed by atoms with Gasteiger partial charge in [-0.2, -0.15) is 11.3 Å². The quantitative estimate of drug-likeness (QED) is 0.917. The second kappa shape index (κ2) is 6.59. The number of carbonyl (C=O) groups is 2. The van der Waals surface area contributed by atoms with Crippen LogP contribution in [0, 0.1) is 5.41 Å². The van der Waals surface area contributed by atoms with E-state index in [0.29, 0.717) is 12.0 Å². The fourth-order valence-corrected chi connectivity index (χ4v) is 4.40. The molecule has 2 amide bonds. The van der Waals surface area contributed by atoms with Gasteiger partial charge in [-0.05, 0) is 59.2 Å². The second-order valence-corrected chi connectivity index (χ2v) is 7.80. The van der Waals surface area contributed by atoms with Gasteiger partial charge in [0.05, 0.1) is 6.42 Å². The van der Waals surface area contributed by atoms with E-state index in [9.17, 15) is 9.59 Å². The Labute approximate surface area is 151 Å². The fraction of sp³-hybridized carbons (Fsp3) is 0.421. The van der Waals surface area contributed by atoms with Crippen LogP contribution >= 0.6 is 11.3 Å². The third-order valence-corrected chi connectivity index (χ3v) is 6.22. The molecule has 1 aliphatic carbocycles. The number of carbonyl (C=O) groups excluding carboxylic acids is 2. The third-order valence-electron chi connectivity index (χ3n) is 5.48. The van der Waals surface area contributed by atoms with Crippen LogP contribution in [-0.2, 0) is 11.2 Å². The number of thiophene rings is 1. The molecule has 1 saturated carbocycles. The summed E-state index contributed by atoms with van der Waals surface area (Å²) in [5.41, 5.74) is 1.95. The van der Waals surface area contributed by atoms with E-state index < -0.39 is 0 Å². The van der Waals surface area contributed by atoms with Gasteiger partial charge in [0.2, 0.25) is 5.91 Å². The molecule has 0 bridgehead atoms. The van der Waals surface area contributed by atoms with E-state index in [1.807, 2.05) is 21.7 Å². The Morgan fingerprint density at radius 1 is 1.24 bits per heavy atom. The first kappa shape index (κ1) is 16.3. The summed E-state index contributed by atoms with van der Waals surface area (Å²) in [4.78, 5) is 30.6. The first-order chi connectivity index (χ1) is 12.2. The lowest BCUT2D eigenvalue weighted by Gasteiger charge is -2.33. The van der Waals surface area contributed by atoms with Crippen molar-refractivity contribution in [3.05, 3.63) is 52.5 Å². The molecule has 1 aliphatic heterocycles. The molecule has 1 unspecified atom stereocenters. The lowest BCUT2D eigenvalue weighted by molar-refractivity contribution is -0.132. The van der Waals surface area contributed by atoms with Crippen molar-refractivity contribution in [1.82, 2.24) is 15.2 Å². The molecule has 1 atom stereocenters. The zero-order valence-electron chi connectivity index (χ0n) is 14.0. The average molecular weight is 355 g/mol. The van der Waals surface area contributed by atoms with Gasteiger partial charge in [0.15, 0.2) is 0 Å². The van der Waals surface area contributed by atoms with Crippen molar-refractivity contribution < 1.29 is 9.59 Å². The van der Waals surface area contributed by atoms with E-state index in [1.54, 1.807) is 35.9 Å². The largest absolute Gasteiger partial charge is 0.349 e. The molecule has 4 rings (SSSR count). The van der Waals surface area contributed by atoms with Crippen LogP contribution in [0.1, 0.15) is 35.2 Å². The molecule has 130 valence electrons. The van der Waals surface area contributed by atoms with Crippen molar-refractivity contribution in [2.45, 2.75) is 31.7 Å². The maximum atomic E-state index is 12.4. The van der Waals surface area contributed by atoms with E-state index in [-0.39, 0.29) is 23.3 Å². The van der Waals surface area contributed by atoms with Gasteiger partial charge in [-0.15, -0.1) is 0 Å². The molecule has 25 heavy (non-hydrogen) atoms. The van der Waals surface area contributed by atoms with Gasteiger partial charge < -0.3 is 10.2 Å². The van der Waals surface area contributed by atoms with Crippen molar-refractivity contribution in [3.63, 3.8) is 0 Å². The molecule has 2 aliphatic rings. The molecule has 2 aromatic heterocycles. The van der Waals surface area contributed by atoms with Gasteiger partial charge in [0.1, 0.15) is 0 Å². The molecular formula is C19H21N3O2S. The summed E-state index contributed by atoms with van der Waals surface area (Å²) in [5, 5.41) is 7.19. The van der Waals surface area contributed by atoms with Gasteiger partial charge in [-0.3, -0.25) is 14.6 Å². The van der Waals surface area contributed by atoms with Gasteiger partial charge in [0, 0.05) is 37.1 Å². The van der Waals surface area contributed by atoms with E-state index in [4.69, 9.17) is 0 Å². The average Bonchev–Trinajstić information content (AvgIpc) is 3.05. The highest BCUT2D eigenvalue weighted by molar-refractivity contribution is 7.08. The van der Waals surface area contributed by atoms with Crippen molar-refractivity contribution in [2.24, 2.45) is 5.41 Å². The summed E-state index contributed by atoms with van der Waals surface area (Å²) >= 11 is 1.63. The first-order valence-corrected chi connectivity index (χ1v) is 9.60.